The van der Waals surface area contributed by atoms with Crippen molar-refractivity contribution in [2.24, 2.45) is 0 Å². The van der Waals surface area contributed by atoms with Gasteiger partial charge in [0.25, 0.3) is 5.91 Å². The number of fused-ring (bicyclic) bond motifs is 1. The van der Waals surface area contributed by atoms with Gasteiger partial charge in [0, 0.05) is 29.5 Å². The molecule has 1 amide bonds. The number of amides is 1. The van der Waals surface area contributed by atoms with Crippen molar-refractivity contribution < 1.29 is 9.21 Å². The summed E-state index contributed by atoms with van der Waals surface area (Å²) in [6.45, 7) is 3.33. The van der Waals surface area contributed by atoms with Crippen LogP contribution in [0.4, 0.5) is 0 Å². The van der Waals surface area contributed by atoms with Gasteiger partial charge in [-0.15, -0.1) is 12.4 Å². The molecule has 20 heavy (non-hydrogen) atoms. The van der Waals surface area contributed by atoms with Crippen molar-refractivity contribution in [1.82, 2.24) is 10.2 Å². The van der Waals surface area contributed by atoms with Crippen molar-refractivity contribution in [1.29, 1.82) is 0 Å². The van der Waals surface area contributed by atoms with E-state index in [1.807, 2.05) is 29.2 Å². The maximum Gasteiger partial charge on any atom is 0.289 e. The summed E-state index contributed by atoms with van der Waals surface area (Å²) in [6.07, 6.45) is 0.984. The number of rotatable bonds is 1. The predicted octanol–water partition coefficient (Wildman–Crippen LogP) is 3.05. The maximum absolute atomic E-state index is 12.4. The Bertz CT molecular complexity index is 606. The lowest BCUT2D eigenvalue weighted by Crippen LogP contribution is -2.33. The van der Waals surface area contributed by atoms with E-state index in [1.54, 1.807) is 0 Å². The summed E-state index contributed by atoms with van der Waals surface area (Å²) in [5.41, 5.74) is 0.750. The predicted molar refractivity (Wildman–Crippen MR) is 84.6 cm³/mol. The number of hydrogen-bond acceptors (Lipinski definition) is 3. The van der Waals surface area contributed by atoms with Gasteiger partial charge in [0.05, 0.1) is 0 Å². The van der Waals surface area contributed by atoms with Gasteiger partial charge in [0.15, 0.2) is 5.76 Å². The molecule has 1 aromatic heterocycles. The normalized spacial score (nSPS) is 15.8. The van der Waals surface area contributed by atoms with Crippen LogP contribution < -0.4 is 5.32 Å². The summed E-state index contributed by atoms with van der Waals surface area (Å²) in [6, 6.07) is 7.57. The smallest absolute Gasteiger partial charge is 0.289 e. The monoisotopic (exact) mass is 358 g/mol. The minimum Gasteiger partial charge on any atom is -0.451 e. The summed E-state index contributed by atoms with van der Waals surface area (Å²) in [5.74, 6) is 0.408. The van der Waals surface area contributed by atoms with E-state index in [-0.39, 0.29) is 18.3 Å². The fourth-order valence-corrected chi connectivity index (χ4v) is 2.70. The highest BCUT2D eigenvalue weighted by atomic mass is 79.9. The highest BCUT2D eigenvalue weighted by Crippen LogP contribution is 2.24. The Morgan fingerprint density at radius 1 is 1.25 bits per heavy atom. The lowest BCUT2D eigenvalue weighted by atomic mass is 10.2. The second-order valence-electron chi connectivity index (χ2n) is 4.69. The molecule has 0 bridgehead atoms. The van der Waals surface area contributed by atoms with Gasteiger partial charge in [0.2, 0.25) is 0 Å². The Morgan fingerprint density at radius 3 is 2.95 bits per heavy atom. The van der Waals surface area contributed by atoms with Crippen molar-refractivity contribution in [3.05, 3.63) is 34.5 Å². The molecule has 1 saturated heterocycles. The second-order valence-corrected chi connectivity index (χ2v) is 5.60. The molecule has 0 spiro atoms. The van der Waals surface area contributed by atoms with Gasteiger partial charge in [-0.3, -0.25) is 4.79 Å². The van der Waals surface area contributed by atoms with E-state index < -0.39 is 0 Å². The third-order valence-corrected chi connectivity index (χ3v) is 3.81. The van der Waals surface area contributed by atoms with Crippen LogP contribution in [0.1, 0.15) is 17.0 Å². The van der Waals surface area contributed by atoms with E-state index in [9.17, 15) is 4.79 Å². The largest absolute Gasteiger partial charge is 0.451 e. The van der Waals surface area contributed by atoms with Crippen LogP contribution in [0.15, 0.2) is 33.2 Å². The topological polar surface area (TPSA) is 45.5 Å². The Morgan fingerprint density at radius 2 is 2.10 bits per heavy atom. The highest BCUT2D eigenvalue weighted by Gasteiger charge is 2.20. The van der Waals surface area contributed by atoms with Gasteiger partial charge >= 0.3 is 0 Å². The fraction of sp³-hybridized carbons (Fsp3) is 0.357. The molecule has 1 N–H and O–H groups in total. The van der Waals surface area contributed by atoms with Crippen LogP contribution >= 0.6 is 28.3 Å². The summed E-state index contributed by atoms with van der Waals surface area (Å²) in [4.78, 5) is 14.3. The molecule has 1 aliphatic heterocycles. The molecule has 0 aliphatic carbocycles. The first-order chi connectivity index (χ1) is 9.24. The van der Waals surface area contributed by atoms with Gasteiger partial charge in [-0.25, -0.2) is 0 Å². The molecule has 0 atom stereocenters. The van der Waals surface area contributed by atoms with Crippen LogP contribution in [0, 0.1) is 0 Å². The number of carbonyl (C=O) groups is 1. The van der Waals surface area contributed by atoms with Crippen LogP contribution in [-0.2, 0) is 0 Å². The number of nitrogens with zero attached hydrogens (tertiary/aromatic N) is 1. The van der Waals surface area contributed by atoms with Gasteiger partial charge in [-0.1, -0.05) is 15.9 Å². The van der Waals surface area contributed by atoms with E-state index in [0.29, 0.717) is 5.76 Å². The average molecular weight is 360 g/mol. The molecule has 0 saturated carbocycles. The van der Waals surface area contributed by atoms with Crippen LogP contribution in [0.2, 0.25) is 0 Å². The number of furan rings is 1. The molecule has 0 unspecified atom stereocenters. The Balaban J connectivity index is 0.00000147. The molecule has 0 radical (unpaired) electrons. The SMILES string of the molecule is Cl.O=C(c1cc2cc(Br)ccc2o1)N1CCCNCC1. The van der Waals surface area contributed by atoms with Crippen LogP contribution in [0.25, 0.3) is 11.0 Å². The van der Waals surface area contributed by atoms with Crippen molar-refractivity contribution >= 4 is 45.2 Å². The molecule has 6 heteroatoms. The van der Waals surface area contributed by atoms with E-state index in [2.05, 4.69) is 21.2 Å². The Kier molecular flexibility index (Phi) is 5.07. The van der Waals surface area contributed by atoms with E-state index in [0.717, 1.165) is 48.0 Å². The standard InChI is InChI=1S/C14H15BrN2O2.ClH/c15-11-2-3-12-10(8-11)9-13(19-12)14(18)17-6-1-4-16-5-7-17;/h2-3,8-9,16H,1,4-7H2;1H. The molecule has 3 rings (SSSR count). The van der Waals surface area contributed by atoms with Crippen molar-refractivity contribution in [2.45, 2.75) is 6.42 Å². The first-order valence-electron chi connectivity index (χ1n) is 6.43. The average Bonchev–Trinajstić information content (AvgIpc) is 2.64. The number of benzene rings is 1. The molecule has 2 aromatic rings. The summed E-state index contributed by atoms with van der Waals surface area (Å²) in [5, 5.41) is 4.24. The zero-order valence-electron chi connectivity index (χ0n) is 10.9. The number of nitrogens with one attached hydrogen (secondary N) is 1. The number of hydrogen-bond donors (Lipinski definition) is 1. The van der Waals surface area contributed by atoms with Crippen LogP contribution in [0.3, 0.4) is 0 Å². The van der Waals surface area contributed by atoms with Crippen LogP contribution in [0.5, 0.6) is 0 Å². The molecular formula is C14H16BrClN2O2. The first kappa shape index (κ1) is 15.4. The quantitative estimate of drug-likeness (QED) is 0.851. The van der Waals surface area contributed by atoms with Gasteiger partial charge in [-0.05, 0) is 37.2 Å². The molecule has 1 aromatic carbocycles. The zero-order chi connectivity index (χ0) is 13.2. The molecule has 1 aliphatic rings. The second kappa shape index (κ2) is 6.61. The third kappa shape index (κ3) is 3.16. The minimum absolute atomic E-state index is 0. The van der Waals surface area contributed by atoms with Gasteiger partial charge in [0.1, 0.15) is 5.58 Å². The highest BCUT2D eigenvalue weighted by molar-refractivity contribution is 9.10. The molecule has 1 fully saturated rings. The van der Waals surface area contributed by atoms with Gasteiger partial charge in [-0.2, -0.15) is 0 Å². The van der Waals surface area contributed by atoms with Crippen LogP contribution in [-0.4, -0.2) is 37.0 Å². The summed E-state index contributed by atoms with van der Waals surface area (Å²) < 4.78 is 6.63. The van der Waals surface area contributed by atoms with E-state index in [1.165, 1.54) is 0 Å². The minimum atomic E-state index is -0.0176. The third-order valence-electron chi connectivity index (χ3n) is 3.32. The van der Waals surface area contributed by atoms with Crippen molar-refractivity contribution in [3.8, 4) is 0 Å². The molecule has 2 heterocycles. The fourth-order valence-electron chi connectivity index (χ4n) is 2.32. The Hall–Kier alpha value is -1.04. The zero-order valence-corrected chi connectivity index (χ0v) is 13.3. The van der Waals surface area contributed by atoms with Crippen molar-refractivity contribution in [2.75, 3.05) is 26.2 Å². The van der Waals surface area contributed by atoms with E-state index >= 15 is 0 Å². The van der Waals surface area contributed by atoms with Crippen molar-refractivity contribution in [3.63, 3.8) is 0 Å². The van der Waals surface area contributed by atoms with E-state index in [4.69, 9.17) is 4.42 Å². The molecule has 4 nitrogen and oxygen atoms in total. The summed E-state index contributed by atoms with van der Waals surface area (Å²) in [7, 11) is 0. The lowest BCUT2D eigenvalue weighted by molar-refractivity contribution is 0.0737. The molecular weight excluding hydrogens is 344 g/mol. The number of carbonyl (C=O) groups excluding carboxylic acids is 1. The molecule has 108 valence electrons. The maximum atomic E-state index is 12.4. The Labute approximate surface area is 132 Å². The number of halogens is 2. The lowest BCUT2D eigenvalue weighted by Gasteiger charge is -2.18. The van der Waals surface area contributed by atoms with Gasteiger partial charge < -0.3 is 14.6 Å². The summed E-state index contributed by atoms with van der Waals surface area (Å²) >= 11 is 3.42. The first-order valence-corrected chi connectivity index (χ1v) is 7.22.